The molecule has 8 nitrogen and oxygen atoms in total. The molecule has 0 heterocycles. The number of ether oxygens (including phenoxy) is 1. The van der Waals surface area contributed by atoms with Crippen molar-refractivity contribution in [3.05, 3.63) is 93.5 Å². The van der Waals surface area contributed by atoms with Crippen molar-refractivity contribution in [3.8, 4) is 6.07 Å². The number of hydrogen-bond acceptors (Lipinski definition) is 6. The van der Waals surface area contributed by atoms with Gasteiger partial charge in [0.1, 0.15) is 11.0 Å². The molecule has 0 radical (unpaired) electrons. The first-order valence-electron chi connectivity index (χ1n) is 9.69. The van der Waals surface area contributed by atoms with Crippen LogP contribution in [0.5, 0.6) is 0 Å². The minimum Gasteiger partial charge on any atom is -0.452 e. The van der Waals surface area contributed by atoms with E-state index in [9.17, 15) is 18.0 Å². The van der Waals surface area contributed by atoms with Crippen molar-refractivity contribution < 1.29 is 22.7 Å². The van der Waals surface area contributed by atoms with E-state index in [2.05, 4.69) is 10.0 Å². The van der Waals surface area contributed by atoms with Crippen LogP contribution in [0.25, 0.3) is 0 Å². The Morgan fingerprint density at radius 1 is 1.00 bits per heavy atom. The summed E-state index contributed by atoms with van der Waals surface area (Å²) < 4.78 is 32.8. The van der Waals surface area contributed by atoms with E-state index in [1.807, 2.05) is 12.1 Å². The minimum atomic E-state index is -4.04. The lowest BCUT2D eigenvalue weighted by molar-refractivity contribution is -0.119. The summed E-state index contributed by atoms with van der Waals surface area (Å²) in [6.45, 7) is -0.643. The van der Waals surface area contributed by atoms with Crippen LogP contribution in [0.4, 0.5) is 5.69 Å². The number of anilines is 1. The smallest absolute Gasteiger partial charge is 0.338 e. The van der Waals surface area contributed by atoms with Crippen LogP contribution >= 0.6 is 23.2 Å². The number of nitrogens with zero attached hydrogens (tertiary/aromatic N) is 1. The summed E-state index contributed by atoms with van der Waals surface area (Å²) in [5.41, 5.74) is 0.973. The molecule has 174 valence electrons. The first-order valence-corrected chi connectivity index (χ1v) is 11.9. The van der Waals surface area contributed by atoms with Crippen LogP contribution in [0.1, 0.15) is 21.5 Å². The van der Waals surface area contributed by atoms with E-state index in [-0.39, 0.29) is 33.3 Å². The molecule has 0 aliphatic rings. The molecule has 0 aliphatic heterocycles. The van der Waals surface area contributed by atoms with Crippen molar-refractivity contribution in [1.29, 1.82) is 5.26 Å². The van der Waals surface area contributed by atoms with Crippen molar-refractivity contribution in [2.45, 2.75) is 11.4 Å². The lowest BCUT2D eigenvalue weighted by atomic mass is 10.2. The van der Waals surface area contributed by atoms with Crippen molar-refractivity contribution in [2.24, 2.45) is 0 Å². The summed E-state index contributed by atoms with van der Waals surface area (Å²) in [4.78, 5) is 24.3. The molecule has 1 amide bonds. The fraction of sp³-hybridized carbons (Fsp3) is 0.0870. The average molecular weight is 518 g/mol. The molecule has 2 N–H and O–H groups in total. The van der Waals surface area contributed by atoms with Crippen LogP contribution in [0.15, 0.2) is 71.6 Å². The Morgan fingerprint density at radius 3 is 2.44 bits per heavy atom. The molecule has 3 rings (SSSR count). The highest BCUT2D eigenvalue weighted by molar-refractivity contribution is 7.89. The monoisotopic (exact) mass is 517 g/mol. The fourth-order valence-electron chi connectivity index (χ4n) is 2.81. The SMILES string of the molecule is N#Cc1ccc(Cl)cc1NC(=O)COC(=O)c1ccc(Cl)c(S(=O)(=O)NCc2ccccc2)c1. The van der Waals surface area contributed by atoms with Gasteiger partial charge in [-0.1, -0.05) is 53.5 Å². The Balaban J connectivity index is 1.66. The predicted octanol–water partition coefficient (Wildman–Crippen LogP) is 4.14. The molecule has 11 heteroatoms. The number of esters is 1. The van der Waals surface area contributed by atoms with E-state index in [4.69, 9.17) is 33.2 Å². The Hall–Kier alpha value is -3.42. The maximum absolute atomic E-state index is 12.7. The molecule has 3 aromatic carbocycles. The number of benzene rings is 3. The van der Waals surface area contributed by atoms with Crippen LogP contribution in [0.2, 0.25) is 10.0 Å². The first-order chi connectivity index (χ1) is 16.2. The van der Waals surface area contributed by atoms with E-state index in [0.717, 1.165) is 11.6 Å². The quantitative estimate of drug-likeness (QED) is 0.432. The molecular formula is C23H17Cl2N3O5S. The van der Waals surface area contributed by atoms with E-state index in [1.165, 1.54) is 30.3 Å². The van der Waals surface area contributed by atoms with Crippen LogP contribution in [-0.4, -0.2) is 26.9 Å². The molecule has 0 saturated heterocycles. The number of amides is 1. The van der Waals surface area contributed by atoms with Gasteiger partial charge in [0, 0.05) is 11.6 Å². The number of sulfonamides is 1. The number of halogens is 2. The molecule has 0 spiro atoms. The van der Waals surface area contributed by atoms with Crippen molar-refractivity contribution in [3.63, 3.8) is 0 Å². The normalized spacial score (nSPS) is 10.9. The molecule has 0 bridgehead atoms. The summed E-state index contributed by atoms with van der Waals surface area (Å²) in [5.74, 6) is -1.64. The number of carbonyl (C=O) groups excluding carboxylic acids is 2. The summed E-state index contributed by atoms with van der Waals surface area (Å²) in [6, 6.07) is 18.7. The second-order valence-corrected chi connectivity index (χ2v) is 9.46. The van der Waals surface area contributed by atoms with E-state index >= 15 is 0 Å². The average Bonchev–Trinajstić information content (AvgIpc) is 2.82. The summed E-state index contributed by atoms with van der Waals surface area (Å²) in [6.07, 6.45) is 0. The van der Waals surface area contributed by atoms with Crippen LogP contribution < -0.4 is 10.0 Å². The third kappa shape index (κ3) is 6.56. The van der Waals surface area contributed by atoms with E-state index in [0.29, 0.717) is 5.02 Å². The van der Waals surface area contributed by atoms with Gasteiger partial charge in [-0.05, 0) is 42.0 Å². The lowest BCUT2D eigenvalue weighted by Crippen LogP contribution is -2.24. The summed E-state index contributed by atoms with van der Waals surface area (Å²) in [5, 5.41) is 11.8. The standard InChI is InChI=1S/C23H17Cl2N3O5S/c24-18-8-6-17(12-26)20(11-18)28-22(29)14-33-23(30)16-7-9-19(25)21(10-16)34(31,32)27-13-15-4-2-1-3-5-15/h1-11,27H,13-14H2,(H,28,29). The molecule has 0 aromatic heterocycles. The third-order valence-corrected chi connectivity index (χ3v) is 6.59. The second-order valence-electron chi connectivity index (χ2n) is 6.88. The number of nitriles is 1. The molecule has 0 atom stereocenters. The van der Waals surface area contributed by atoms with Gasteiger partial charge in [-0.3, -0.25) is 4.79 Å². The van der Waals surface area contributed by atoms with Gasteiger partial charge in [0.05, 0.1) is 21.8 Å². The van der Waals surface area contributed by atoms with Gasteiger partial charge in [-0.15, -0.1) is 0 Å². The Kier molecular flexibility index (Phi) is 8.26. The minimum absolute atomic E-state index is 0.0303. The Bertz CT molecular complexity index is 1370. The number of carbonyl (C=O) groups is 2. The number of rotatable bonds is 8. The van der Waals surface area contributed by atoms with Gasteiger partial charge in [0.15, 0.2) is 6.61 Å². The van der Waals surface area contributed by atoms with Gasteiger partial charge in [0.25, 0.3) is 5.91 Å². The van der Waals surface area contributed by atoms with Gasteiger partial charge in [0.2, 0.25) is 10.0 Å². The maximum atomic E-state index is 12.7. The second kappa shape index (κ2) is 11.1. The molecule has 34 heavy (non-hydrogen) atoms. The highest BCUT2D eigenvalue weighted by Gasteiger charge is 2.21. The van der Waals surface area contributed by atoms with Gasteiger partial charge >= 0.3 is 5.97 Å². The van der Waals surface area contributed by atoms with Gasteiger partial charge in [-0.2, -0.15) is 5.26 Å². The van der Waals surface area contributed by atoms with Gasteiger partial charge < -0.3 is 10.1 Å². The fourth-order valence-corrected chi connectivity index (χ4v) is 4.52. The predicted molar refractivity (Wildman–Crippen MR) is 127 cm³/mol. The van der Waals surface area contributed by atoms with Crippen LogP contribution in [0.3, 0.4) is 0 Å². The first kappa shape index (κ1) is 25.2. The highest BCUT2D eigenvalue weighted by atomic mass is 35.5. The van der Waals surface area contributed by atoms with Crippen molar-refractivity contribution >= 4 is 50.8 Å². The summed E-state index contributed by atoms with van der Waals surface area (Å²) >= 11 is 11.9. The van der Waals surface area contributed by atoms with Crippen LogP contribution in [0, 0.1) is 11.3 Å². The van der Waals surface area contributed by atoms with Crippen molar-refractivity contribution in [2.75, 3.05) is 11.9 Å². The molecule has 0 saturated carbocycles. The molecule has 0 fully saturated rings. The van der Waals surface area contributed by atoms with Crippen molar-refractivity contribution in [1.82, 2.24) is 4.72 Å². The highest BCUT2D eigenvalue weighted by Crippen LogP contribution is 2.24. The van der Waals surface area contributed by atoms with Crippen LogP contribution in [-0.2, 0) is 26.1 Å². The van der Waals surface area contributed by atoms with E-state index in [1.54, 1.807) is 24.3 Å². The Labute approximate surface area is 206 Å². The molecule has 0 unspecified atom stereocenters. The van der Waals surface area contributed by atoms with E-state index < -0.39 is 28.5 Å². The number of nitrogens with one attached hydrogen (secondary N) is 2. The lowest BCUT2D eigenvalue weighted by Gasteiger charge is -2.11. The van der Waals surface area contributed by atoms with Gasteiger partial charge in [-0.25, -0.2) is 17.9 Å². The molecule has 3 aromatic rings. The largest absolute Gasteiger partial charge is 0.452 e. The Morgan fingerprint density at radius 2 is 1.74 bits per heavy atom. The molecular weight excluding hydrogens is 501 g/mol. The topological polar surface area (TPSA) is 125 Å². The summed E-state index contributed by atoms with van der Waals surface area (Å²) in [7, 11) is -4.04. The zero-order valence-corrected chi connectivity index (χ0v) is 19.7. The maximum Gasteiger partial charge on any atom is 0.338 e. The molecule has 0 aliphatic carbocycles. The number of hydrogen-bond donors (Lipinski definition) is 2. The zero-order valence-electron chi connectivity index (χ0n) is 17.4. The third-order valence-electron chi connectivity index (χ3n) is 4.48. The zero-order chi connectivity index (χ0) is 24.7.